The van der Waals surface area contributed by atoms with Crippen molar-refractivity contribution in [1.82, 2.24) is 0 Å². The zero-order valence-electron chi connectivity index (χ0n) is 30.3. The summed E-state index contributed by atoms with van der Waals surface area (Å²) in [4.78, 5) is 0. The first kappa shape index (κ1) is 37.1. The summed E-state index contributed by atoms with van der Waals surface area (Å²) in [5.41, 5.74) is 0. The molecule has 268 valence electrons. The lowest BCUT2D eigenvalue weighted by Crippen LogP contribution is -2.76. The normalized spacial score (nSPS) is 23.2. The van der Waals surface area contributed by atoms with E-state index in [-0.39, 0.29) is 5.76 Å². The fraction of sp³-hybridized carbons (Fsp3) is 0.333. The summed E-state index contributed by atoms with van der Waals surface area (Å²) < 4.78 is 27.4. The van der Waals surface area contributed by atoms with E-state index in [1.807, 2.05) is 72.8 Å². The van der Waals surface area contributed by atoms with E-state index in [0.717, 1.165) is 20.7 Å². The average molecular weight is 723 g/mol. The van der Waals surface area contributed by atoms with Crippen molar-refractivity contribution in [3.05, 3.63) is 145 Å². The van der Waals surface area contributed by atoms with Crippen molar-refractivity contribution in [3.63, 3.8) is 0 Å². The van der Waals surface area contributed by atoms with Gasteiger partial charge in [0.1, 0.15) is 24.4 Å². The third kappa shape index (κ3) is 6.51. The van der Waals surface area contributed by atoms with Crippen molar-refractivity contribution >= 4 is 37.4 Å². The largest absolute Gasteiger partial charge is 0.464 e. The van der Waals surface area contributed by atoms with Crippen LogP contribution in [-0.2, 0) is 19.4 Å². The molecule has 7 nitrogen and oxygen atoms in total. The van der Waals surface area contributed by atoms with Crippen molar-refractivity contribution in [2.75, 3.05) is 6.61 Å². The molecule has 0 bridgehead atoms. The number of aliphatic hydroxyl groups is 3. The van der Waals surface area contributed by atoms with E-state index >= 15 is 0 Å². The van der Waals surface area contributed by atoms with E-state index in [9.17, 15) is 15.3 Å². The molecule has 9 heteroatoms. The molecular weight excluding hydrogens is 673 g/mol. The van der Waals surface area contributed by atoms with Crippen LogP contribution in [0.25, 0.3) is 0 Å². The van der Waals surface area contributed by atoms with Crippen molar-refractivity contribution < 1.29 is 33.3 Å². The Morgan fingerprint density at radius 3 is 1.33 bits per heavy atom. The van der Waals surface area contributed by atoms with Crippen molar-refractivity contribution in [2.45, 2.75) is 81.8 Å². The van der Waals surface area contributed by atoms with Crippen molar-refractivity contribution in [2.24, 2.45) is 0 Å². The molecule has 5 aromatic rings. The van der Waals surface area contributed by atoms with E-state index in [2.05, 4.69) is 90.1 Å². The monoisotopic (exact) mass is 722 g/mol. The maximum absolute atomic E-state index is 12.9. The van der Waals surface area contributed by atoms with E-state index in [0.29, 0.717) is 0 Å². The molecule has 0 saturated carbocycles. The van der Waals surface area contributed by atoms with Crippen LogP contribution in [0.15, 0.2) is 144 Å². The van der Waals surface area contributed by atoms with Crippen LogP contribution in [0.5, 0.6) is 0 Å². The highest BCUT2D eigenvalue weighted by Gasteiger charge is 2.64. The molecule has 1 saturated heterocycles. The molecule has 0 radical (unpaired) electrons. The van der Waals surface area contributed by atoms with Crippen LogP contribution in [-0.4, -0.2) is 63.0 Å². The van der Waals surface area contributed by atoms with Crippen molar-refractivity contribution in [1.29, 1.82) is 0 Å². The Morgan fingerprint density at radius 1 is 0.608 bits per heavy atom. The minimum absolute atomic E-state index is 0.0619. The minimum atomic E-state index is -3.41. The van der Waals surface area contributed by atoms with Crippen LogP contribution in [0.1, 0.15) is 47.3 Å². The van der Waals surface area contributed by atoms with Gasteiger partial charge in [-0.3, -0.25) is 0 Å². The zero-order valence-corrected chi connectivity index (χ0v) is 32.3. The fourth-order valence-electron chi connectivity index (χ4n) is 7.88. The van der Waals surface area contributed by atoms with Gasteiger partial charge in [-0.1, -0.05) is 163 Å². The van der Waals surface area contributed by atoms with Gasteiger partial charge in [0, 0.05) is 0 Å². The van der Waals surface area contributed by atoms with E-state index in [4.69, 9.17) is 18.0 Å². The van der Waals surface area contributed by atoms with Gasteiger partial charge in [0.15, 0.2) is 5.76 Å². The van der Waals surface area contributed by atoms with Gasteiger partial charge in [0.25, 0.3) is 22.4 Å². The number of rotatable bonds is 10. The minimum Gasteiger partial charge on any atom is -0.464 e. The molecule has 1 fully saturated rings. The second-order valence-electron chi connectivity index (χ2n) is 15.5. The fourth-order valence-corrected chi connectivity index (χ4v) is 17.3. The molecule has 4 aromatic carbocycles. The highest BCUT2D eigenvalue weighted by molar-refractivity contribution is 7.00. The molecule has 1 aliphatic heterocycles. The summed E-state index contributed by atoms with van der Waals surface area (Å²) in [7, 11) is -6.72. The molecule has 5 atom stereocenters. The molecule has 3 N–H and O–H groups in total. The number of benzene rings is 4. The standard InChI is InChI=1S/C42H50O7Si2/c1-40(2,3)50(31-20-11-7-12-21-31,32-22-13-8-14-23-32)48-38-35(30-43)47-42(45,36-28-19-29-46-36)39(37(38)44)49-51(41(4,5)6,33-24-15-9-16-25-33)34-26-17-10-18-27-34/h7-29,35,37-39,43-45H,30H2,1-6H3/t35-,37+,38-,39-,42-/m1/s1. The highest BCUT2D eigenvalue weighted by atomic mass is 28.4. The SMILES string of the molecule is CC(C)(C)[Si](O[C@H]1[C@H](O)[C@@H](O[Si](c2ccccc2)(c2ccccc2)C(C)(C)C)[C@@](O)(c2ccco2)O[C@@H]1CO)(c1ccccc1)c1ccccc1. The topological polar surface area (TPSA) is 102 Å². The Morgan fingerprint density at radius 2 is 1.00 bits per heavy atom. The van der Waals surface area contributed by atoms with Crippen LogP contribution >= 0.6 is 0 Å². The summed E-state index contributed by atoms with van der Waals surface area (Å²) in [5, 5.41) is 39.6. The zero-order chi connectivity index (χ0) is 36.5. The number of hydrogen-bond donors (Lipinski definition) is 3. The molecule has 1 aromatic heterocycles. The molecule has 6 rings (SSSR count). The Hall–Kier alpha value is -3.65. The number of hydrogen-bond acceptors (Lipinski definition) is 7. The number of aliphatic hydroxyl groups excluding tert-OH is 2. The number of furan rings is 1. The maximum atomic E-state index is 12.9. The van der Waals surface area contributed by atoms with Crippen LogP contribution in [0.4, 0.5) is 0 Å². The van der Waals surface area contributed by atoms with Crippen LogP contribution in [0.3, 0.4) is 0 Å². The molecule has 51 heavy (non-hydrogen) atoms. The lowest BCUT2D eigenvalue weighted by Gasteiger charge is -2.55. The summed E-state index contributed by atoms with van der Waals surface area (Å²) in [6.45, 7) is 12.3. The smallest absolute Gasteiger partial charge is 0.261 e. The molecular formula is C42H50O7Si2. The maximum Gasteiger partial charge on any atom is 0.261 e. The third-order valence-electron chi connectivity index (χ3n) is 10.2. The predicted molar refractivity (Wildman–Crippen MR) is 206 cm³/mol. The second kappa shape index (κ2) is 14.4. The molecule has 0 aliphatic carbocycles. The Bertz CT molecular complexity index is 1750. The Labute approximate surface area is 303 Å². The molecule has 0 amide bonds. The first-order chi connectivity index (χ1) is 24.3. The molecule has 0 unspecified atom stereocenters. The summed E-state index contributed by atoms with van der Waals surface area (Å²) in [6, 6.07) is 43.6. The average Bonchev–Trinajstić information content (AvgIpc) is 3.68. The van der Waals surface area contributed by atoms with Crippen molar-refractivity contribution in [3.8, 4) is 0 Å². The van der Waals surface area contributed by atoms with Crippen LogP contribution in [0.2, 0.25) is 10.1 Å². The Balaban J connectivity index is 1.58. The van der Waals surface area contributed by atoms with Gasteiger partial charge < -0.3 is 33.3 Å². The van der Waals surface area contributed by atoms with Gasteiger partial charge in [0.2, 0.25) is 0 Å². The predicted octanol–water partition coefficient (Wildman–Crippen LogP) is 5.07. The van der Waals surface area contributed by atoms with Gasteiger partial charge in [-0.05, 0) is 43.0 Å². The lowest BCUT2D eigenvalue weighted by molar-refractivity contribution is -0.357. The van der Waals surface area contributed by atoms with E-state index in [1.54, 1.807) is 12.1 Å². The first-order valence-electron chi connectivity index (χ1n) is 17.6. The van der Waals surface area contributed by atoms with E-state index in [1.165, 1.54) is 6.26 Å². The summed E-state index contributed by atoms with van der Waals surface area (Å²) >= 11 is 0. The summed E-state index contributed by atoms with van der Waals surface area (Å²) in [6.07, 6.45) is -3.69. The van der Waals surface area contributed by atoms with Crippen LogP contribution < -0.4 is 20.7 Å². The highest BCUT2D eigenvalue weighted by Crippen LogP contribution is 2.47. The van der Waals surface area contributed by atoms with Gasteiger partial charge in [-0.15, -0.1) is 0 Å². The van der Waals surface area contributed by atoms with Gasteiger partial charge in [-0.25, -0.2) is 0 Å². The lowest BCUT2D eigenvalue weighted by atomic mass is 9.91. The van der Waals surface area contributed by atoms with Gasteiger partial charge in [-0.2, -0.15) is 0 Å². The quantitative estimate of drug-likeness (QED) is 0.173. The molecule has 2 heterocycles. The van der Waals surface area contributed by atoms with Gasteiger partial charge >= 0.3 is 0 Å². The first-order valence-corrected chi connectivity index (χ1v) is 21.4. The Kier molecular flexibility index (Phi) is 10.5. The second-order valence-corrected chi connectivity index (χ2v) is 24.0. The number of ether oxygens (including phenoxy) is 1. The summed E-state index contributed by atoms with van der Waals surface area (Å²) in [5.74, 6) is -2.22. The third-order valence-corrected chi connectivity index (χ3v) is 20.3. The molecule has 1 aliphatic rings. The molecule has 0 spiro atoms. The van der Waals surface area contributed by atoms with Gasteiger partial charge in [0.05, 0.1) is 12.9 Å². The van der Waals surface area contributed by atoms with E-state index < -0.39 is 63.5 Å². The van der Waals surface area contributed by atoms with Crippen LogP contribution in [0, 0.1) is 0 Å².